The third-order valence-electron chi connectivity index (χ3n) is 5.14. The molecule has 0 heterocycles. The van der Waals surface area contributed by atoms with Gasteiger partial charge in [0.15, 0.2) is 0 Å². The first-order valence-corrected chi connectivity index (χ1v) is 12.0. The van der Waals surface area contributed by atoms with Gasteiger partial charge in [-0.25, -0.2) is 0 Å². The first kappa shape index (κ1) is 28.2. The molecule has 0 fully saturated rings. The number of nitrogens with one attached hydrogen (secondary N) is 2. The highest BCUT2D eigenvalue weighted by Crippen LogP contribution is 2.13. The number of nitrogens with zero attached hydrogens (tertiary/aromatic N) is 1. The molecule has 0 aromatic heterocycles. The van der Waals surface area contributed by atoms with Crippen molar-refractivity contribution >= 4 is 17.8 Å². The van der Waals surface area contributed by atoms with Gasteiger partial charge in [0.25, 0.3) is 0 Å². The second-order valence-electron chi connectivity index (χ2n) is 8.16. The molecule has 0 saturated heterocycles. The number of carbonyl (C=O) groups excluding carboxylic acids is 2. The summed E-state index contributed by atoms with van der Waals surface area (Å²) in [5, 5.41) is 11.4. The Morgan fingerprint density at radius 2 is 1.33 bits per heavy atom. The summed E-state index contributed by atoms with van der Waals surface area (Å²) in [6.45, 7) is 5.45. The number of guanidine groups is 1. The fraction of sp³-hybridized carbons (Fsp3) is 0.870. The fourth-order valence-electron chi connectivity index (χ4n) is 3.50. The van der Waals surface area contributed by atoms with E-state index >= 15 is 0 Å². The summed E-state index contributed by atoms with van der Waals surface area (Å²) in [6.07, 6.45) is 17.6. The van der Waals surface area contributed by atoms with Gasteiger partial charge in [-0.15, -0.1) is 5.06 Å². The van der Waals surface area contributed by atoms with Crippen molar-refractivity contribution in [3.05, 3.63) is 0 Å². The van der Waals surface area contributed by atoms with Crippen LogP contribution in [0.2, 0.25) is 0 Å². The van der Waals surface area contributed by atoms with Crippen molar-refractivity contribution in [3.63, 3.8) is 0 Å². The maximum absolute atomic E-state index is 12.3. The van der Waals surface area contributed by atoms with E-state index in [1.165, 1.54) is 71.1 Å². The molecule has 0 aromatic rings. The molecular formula is C23H46N4O3. The summed E-state index contributed by atoms with van der Waals surface area (Å²) in [4.78, 5) is 28.5. The van der Waals surface area contributed by atoms with Crippen LogP contribution in [0.3, 0.4) is 0 Å². The molecule has 0 aliphatic carbocycles. The van der Waals surface area contributed by atoms with Gasteiger partial charge in [0.2, 0.25) is 11.9 Å². The Bertz CT molecular complexity index is 471. The molecule has 1 amide bonds. The highest BCUT2D eigenvalue weighted by molar-refractivity contribution is 5.79. The number of nitrogens with two attached hydrogens (primary N) is 1. The molecule has 0 aliphatic heterocycles. The zero-order valence-electron chi connectivity index (χ0n) is 19.6. The standard InChI is InChI=1S/C23H46N4O3/c1-4-6-7-8-9-10-11-12-13-14-15-16-17-19-22(29)26-21(18-5-2)27(23(24)25)30-20(3)28/h21H,4-19H2,1-3H3,(H3,24,25)(H,26,29). The minimum absolute atomic E-state index is 0.102. The van der Waals surface area contributed by atoms with Crippen LogP contribution in [0.15, 0.2) is 0 Å². The highest BCUT2D eigenvalue weighted by atomic mass is 16.7. The van der Waals surface area contributed by atoms with E-state index in [2.05, 4.69) is 12.2 Å². The van der Waals surface area contributed by atoms with E-state index in [1.54, 1.807) is 0 Å². The van der Waals surface area contributed by atoms with Crippen molar-refractivity contribution in [1.29, 1.82) is 5.41 Å². The van der Waals surface area contributed by atoms with Gasteiger partial charge in [-0.05, 0) is 12.8 Å². The van der Waals surface area contributed by atoms with Gasteiger partial charge in [-0.2, -0.15) is 0 Å². The van der Waals surface area contributed by atoms with Crippen LogP contribution in [0.25, 0.3) is 0 Å². The SMILES string of the molecule is CCCCCCCCCCCCCCCC(=O)NC(CCC)N(OC(C)=O)C(=N)N. The van der Waals surface area contributed by atoms with Gasteiger partial charge in [0.05, 0.1) is 0 Å². The molecular weight excluding hydrogens is 380 g/mol. The van der Waals surface area contributed by atoms with E-state index in [1.807, 2.05) is 6.92 Å². The number of hydrogen-bond donors (Lipinski definition) is 3. The van der Waals surface area contributed by atoms with Crippen LogP contribution in [0.4, 0.5) is 0 Å². The Morgan fingerprint density at radius 3 is 1.73 bits per heavy atom. The lowest BCUT2D eigenvalue weighted by Gasteiger charge is -2.29. The Morgan fingerprint density at radius 1 is 0.867 bits per heavy atom. The number of hydroxylamine groups is 2. The largest absolute Gasteiger partial charge is 0.367 e. The van der Waals surface area contributed by atoms with Gasteiger partial charge in [0.1, 0.15) is 6.17 Å². The summed E-state index contributed by atoms with van der Waals surface area (Å²) in [5.74, 6) is -1.07. The van der Waals surface area contributed by atoms with Crippen LogP contribution in [0.1, 0.15) is 124 Å². The maximum atomic E-state index is 12.3. The van der Waals surface area contributed by atoms with Crippen LogP contribution in [0.5, 0.6) is 0 Å². The first-order valence-electron chi connectivity index (χ1n) is 12.0. The van der Waals surface area contributed by atoms with E-state index in [4.69, 9.17) is 16.0 Å². The van der Waals surface area contributed by atoms with Crippen LogP contribution in [-0.2, 0) is 14.4 Å². The smallest absolute Gasteiger partial charge is 0.329 e. The van der Waals surface area contributed by atoms with Crippen LogP contribution >= 0.6 is 0 Å². The fourth-order valence-corrected chi connectivity index (χ4v) is 3.50. The topological polar surface area (TPSA) is 109 Å². The molecule has 7 nitrogen and oxygen atoms in total. The van der Waals surface area contributed by atoms with E-state index in [9.17, 15) is 9.59 Å². The molecule has 0 radical (unpaired) electrons. The lowest BCUT2D eigenvalue weighted by Crippen LogP contribution is -2.53. The zero-order valence-corrected chi connectivity index (χ0v) is 19.6. The molecule has 0 rings (SSSR count). The number of amides is 1. The average molecular weight is 427 g/mol. The molecule has 0 aromatic carbocycles. The molecule has 0 saturated carbocycles. The van der Waals surface area contributed by atoms with Crippen LogP contribution in [-0.4, -0.2) is 29.1 Å². The van der Waals surface area contributed by atoms with Crippen molar-refractivity contribution < 1.29 is 14.4 Å². The minimum atomic E-state index is -0.606. The summed E-state index contributed by atoms with van der Waals surface area (Å²) in [7, 11) is 0. The van der Waals surface area contributed by atoms with Gasteiger partial charge in [-0.3, -0.25) is 15.0 Å². The van der Waals surface area contributed by atoms with Gasteiger partial charge in [-0.1, -0.05) is 97.3 Å². The van der Waals surface area contributed by atoms with Gasteiger partial charge < -0.3 is 15.9 Å². The summed E-state index contributed by atoms with van der Waals surface area (Å²) < 4.78 is 0. The molecule has 0 bridgehead atoms. The van der Waals surface area contributed by atoms with Crippen molar-refractivity contribution in [2.75, 3.05) is 0 Å². The van der Waals surface area contributed by atoms with E-state index in [0.717, 1.165) is 30.7 Å². The minimum Gasteiger partial charge on any atom is -0.367 e. The zero-order chi connectivity index (χ0) is 22.6. The molecule has 0 aliphatic rings. The molecule has 30 heavy (non-hydrogen) atoms. The third-order valence-corrected chi connectivity index (χ3v) is 5.14. The molecule has 7 heteroatoms. The van der Waals surface area contributed by atoms with Gasteiger partial charge >= 0.3 is 5.97 Å². The van der Waals surface area contributed by atoms with Crippen molar-refractivity contribution in [2.24, 2.45) is 5.73 Å². The Labute approximate surface area is 183 Å². The van der Waals surface area contributed by atoms with Crippen LogP contribution < -0.4 is 11.1 Å². The Hall–Kier alpha value is -1.79. The Balaban J connectivity index is 3.86. The summed E-state index contributed by atoms with van der Waals surface area (Å²) in [5.41, 5.74) is 5.50. The van der Waals surface area contributed by atoms with Crippen molar-refractivity contribution in [3.8, 4) is 0 Å². The molecule has 176 valence electrons. The molecule has 1 unspecified atom stereocenters. The predicted octanol–water partition coefficient (Wildman–Crippen LogP) is 5.38. The van der Waals surface area contributed by atoms with Crippen LogP contribution in [0, 0.1) is 5.41 Å². The molecule has 1 atom stereocenters. The molecule has 0 spiro atoms. The number of carbonyl (C=O) groups is 2. The lowest BCUT2D eigenvalue weighted by atomic mass is 10.0. The first-order chi connectivity index (χ1) is 14.4. The van der Waals surface area contributed by atoms with E-state index in [-0.39, 0.29) is 5.91 Å². The summed E-state index contributed by atoms with van der Waals surface area (Å²) >= 11 is 0. The maximum Gasteiger partial charge on any atom is 0.329 e. The Kier molecular flexibility index (Phi) is 18.0. The highest BCUT2D eigenvalue weighted by Gasteiger charge is 2.24. The number of hydrogen-bond acceptors (Lipinski definition) is 4. The normalized spacial score (nSPS) is 11.7. The monoisotopic (exact) mass is 426 g/mol. The summed E-state index contributed by atoms with van der Waals surface area (Å²) in [6, 6.07) is 0. The van der Waals surface area contributed by atoms with Crippen molar-refractivity contribution in [1.82, 2.24) is 10.4 Å². The number of rotatable bonds is 18. The van der Waals surface area contributed by atoms with E-state index in [0.29, 0.717) is 12.8 Å². The second kappa shape index (κ2) is 19.2. The lowest BCUT2D eigenvalue weighted by molar-refractivity contribution is -0.181. The number of unbranched alkanes of at least 4 members (excludes halogenated alkanes) is 12. The predicted molar refractivity (Wildman–Crippen MR) is 123 cm³/mol. The third kappa shape index (κ3) is 16.1. The quantitative estimate of drug-likeness (QED) is 0.0896. The molecule has 4 N–H and O–H groups in total. The average Bonchev–Trinajstić information content (AvgIpc) is 2.69. The second-order valence-corrected chi connectivity index (χ2v) is 8.16. The van der Waals surface area contributed by atoms with Crippen molar-refractivity contribution in [2.45, 2.75) is 130 Å². The van der Waals surface area contributed by atoms with Gasteiger partial charge in [0, 0.05) is 13.3 Å². The van der Waals surface area contributed by atoms with E-state index < -0.39 is 18.1 Å².